The van der Waals surface area contributed by atoms with Gasteiger partial charge in [-0.3, -0.25) is 14.2 Å². The molecule has 0 spiro atoms. The van der Waals surface area contributed by atoms with E-state index in [1.165, 1.54) is 0 Å². The summed E-state index contributed by atoms with van der Waals surface area (Å²) in [5, 5.41) is 0.494. The van der Waals surface area contributed by atoms with Crippen LogP contribution in [0, 0.1) is 5.92 Å². The summed E-state index contributed by atoms with van der Waals surface area (Å²) in [6, 6.07) is 10.3. The highest BCUT2D eigenvalue weighted by atomic mass is 79.9. The van der Waals surface area contributed by atoms with E-state index in [-0.39, 0.29) is 17.4 Å². The van der Waals surface area contributed by atoms with Crippen LogP contribution >= 0.6 is 15.9 Å². The Morgan fingerprint density at radius 1 is 1.25 bits per heavy atom. The second kappa shape index (κ2) is 8.94. The van der Waals surface area contributed by atoms with Gasteiger partial charge in [-0.05, 0) is 54.8 Å². The molecule has 32 heavy (non-hydrogen) atoms. The van der Waals surface area contributed by atoms with E-state index in [0.717, 1.165) is 12.8 Å². The van der Waals surface area contributed by atoms with Crippen molar-refractivity contribution in [2.45, 2.75) is 32.7 Å². The third-order valence-corrected chi connectivity index (χ3v) is 6.68. The van der Waals surface area contributed by atoms with Crippen LogP contribution in [0.4, 0.5) is 0 Å². The maximum Gasteiger partial charge on any atom is 0.266 e. The smallest absolute Gasteiger partial charge is 0.266 e. The molecule has 0 aliphatic heterocycles. The van der Waals surface area contributed by atoms with Crippen LogP contribution in [0.2, 0.25) is 0 Å². The molecule has 4 rings (SSSR count). The van der Waals surface area contributed by atoms with E-state index in [1.807, 2.05) is 32.0 Å². The zero-order valence-electron chi connectivity index (χ0n) is 18.6. The van der Waals surface area contributed by atoms with E-state index in [4.69, 9.17) is 14.5 Å². The molecule has 0 N–H and O–H groups in total. The van der Waals surface area contributed by atoms with Crippen LogP contribution in [0.3, 0.4) is 0 Å². The van der Waals surface area contributed by atoms with Crippen LogP contribution in [-0.2, 0) is 4.79 Å². The van der Waals surface area contributed by atoms with E-state index < -0.39 is 6.04 Å². The Kier molecular flexibility index (Phi) is 6.24. The van der Waals surface area contributed by atoms with Gasteiger partial charge in [0.05, 0.1) is 41.3 Å². The highest BCUT2D eigenvalue weighted by Crippen LogP contribution is 2.38. The van der Waals surface area contributed by atoms with Crippen LogP contribution in [0.25, 0.3) is 16.6 Å². The average molecular weight is 500 g/mol. The number of hydrogen-bond acceptors (Lipinski definition) is 5. The van der Waals surface area contributed by atoms with Crippen molar-refractivity contribution in [3.05, 3.63) is 57.0 Å². The van der Waals surface area contributed by atoms with Gasteiger partial charge in [-0.15, -0.1) is 0 Å². The predicted molar refractivity (Wildman–Crippen MR) is 127 cm³/mol. The topological polar surface area (TPSA) is 73.7 Å². The number of ether oxygens (including phenoxy) is 2. The number of aromatic nitrogens is 2. The molecule has 1 aromatic heterocycles. The van der Waals surface area contributed by atoms with Crippen molar-refractivity contribution in [1.82, 2.24) is 14.5 Å². The first-order chi connectivity index (χ1) is 15.4. The summed E-state index contributed by atoms with van der Waals surface area (Å²) in [5.74, 6) is 1.73. The molecule has 1 saturated carbocycles. The number of para-hydroxylation sites is 1. The average Bonchev–Trinajstić information content (AvgIpc) is 3.65. The molecule has 0 bridgehead atoms. The summed E-state index contributed by atoms with van der Waals surface area (Å²) in [5.41, 5.74) is 0.918. The van der Waals surface area contributed by atoms with Gasteiger partial charge >= 0.3 is 0 Å². The fraction of sp³-hybridized carbons (Fsp3) is 0.375. The number of carbonyl (C=O) groups excluding carboxylic acids is 1. The first-order valence-electron chi connectivity index (χ1n) is 10.6. The van der Waals surface area contributed by atoms with Gasteiger partial charge < -0.3 is 14.4 Å². The van der Waals surface area contributed by atoms with Gasteiger partial charge in [0.15, 0.2) is 0 Å². The molecule has 2 aromatic carbocycles. The van der Waals surface area contributed by atoms with Crippen LogP contribution in [0.1, 0.15) is 38.6 Å². The van der Waals surface area contributed by atoms with Gasteiger partial charge in [-0.2, -0.15) is 0 Å². The van der Waals surface area contributed by atoms with E-state index in [9.17, 15) is 9.59 Å². The molecule has 1 aliphatic rings. The van der Waals surface area contributed by atoms with Crippen LogP contribution in [0.15, 0.2) is 45.7 Å². The van der Waals surface area contributed by atoms with Gasteiger partial charge in [0.2, 0.25) is 5.91 Å². The first kappa shape index (κ1) is 22.3. The van der Waals surface area contributed by atoms with Gasteiger partial charge in [0, 0.05) is 24.6 Å². The Morgan fingerprint density at radius 3 is 2.59 bits per heavy atom. The summed E-state index contributed by atoms with van der Waals surface area (Å²) < 4.78 is 13.1. The molecule has 8 heteroatoms. The molecule has 0 saturated heterocycles. The molecule has 1 amide bonds. The van der Waals surface area contributed by atoms with Crippen LogP contribution < -0.4 is 15.0 Å². The Morgan fingerprint density at radius 2 is 1.97 bits per heavy atom. The van der Waals surface area contributed by atoms with E-state index >= 15 is 0 Å². The largest absolute Gasteiger partial charge is 0.497 e. The third kappa shape index (κ3) is 3.88. The van der Waals surface area contributed by atoms with Gasteiger partial charge in [-0.25, -0.2) is 4.98 Å². The summed E-state index contributed by atoms with van der Waals surface area (Å²) in [7, 11) is 3.12. The molecule has 1 atom stereocenters. The zero-order valence-corrected chi connectivity index (χ0v) is 20.2. The number of rotatable bonds is 7. The Labute approximate surface area is 195 Å². The second-order valence-electron chi connectivity index (χ2n) is 7.86. The Bertz CT molecular complexity index is 1240. The maximum absolute atomic E-state index is 13.7. The number of methoxy groups -OCH3 is 2. The first-order valence-corrected chi connectivity index (χ1v) is 11.4. The Hall–Kier alpha value is -2.87. The number of amides is 1. The van der Waals surface area contributed by atoms with Crippen molar-refractivity contribution in [2.75, 3.05) is 20.8 Å². The molecule has 1 unspecified atom stereocenters. The van der Waals surface area contributed by atoms with Gasteiger partial charge in [-0.1, -0.05) is 12.1 Å². The number of benzene rings is 2. The highest BCUT2D eigenvalue weighted by Gasteiger charge is 2.36. The van der Waals surface area contributed by atoms with Crippen molar-refractivity contribution >= 4 is 32.7 Å². The van der Waals surface area contributed by atoms with Crippen molar-refractivity contribution < 1.29 is 14.3 Å². The lowest BCUT2D eigenvalue weighted by Crippen LogP contribution is -2.38. The predicted octanol–water partition coefficient (Wildman–Crippen LogP) is 4.48. The maximum atomic E-state index is 13.7. The number of halogens is 1. The Balaban J connectivity index is 2.01. The van der Waals surface area contributed by atoms with Crippen LogP contribution in [0.5, 0.6) is 11.5 Å². The highest BCUT2D eigenvalue weighted by molar-refractivity contribution is 9.10. The molecular formula is C24H26BrN3O4. The molecule has 168 valence electrons. The minimum atomic E-state index is -0.408. The monoisotopic (exact) mass is 499 g/mol. The summed E-state index contributed by atoms with van der Waals surface area (Å²) >= 11 is 3.59. The third-order valence-electron chi connectivity index (χ3n) is 5.88. The number of fused-ring (bicyclic) bond motifs is 1. The minimum absolute atomic E-state index is 0.0710. The second-order valence-corrected chi connectivity index (χ2v) is 8.66. The zero-order chi connectivity index (χ0) is 23.0. The molecule has 1 fully saturated rings. The normalized spacial score (nSPS) is 14.3. The summed E-state index contributed by atoms with van der Waals surface area (Å²) in [6.07, 6.45) is 1.83. The number of nitrogens with zero attached hydrogens (tertiary/aromatic N) is 3. The molecule has 1 heterocycles. The number of hydrogen-bond donors (Lipinski definition) is 0. The van der Waals surface area contributed by atoms with E-state index in [2.05, 4.69) is 15.9 Å². The minimum Gasteiger partial charge on any atom is -0.497 e. The van der Waals surface area contributed by atoms with Gasteiger partial charge in [0.25, 0.3) is 5.56 Å². The van der Waals surface area contributed by atoms with Gasteiger partial charge in [0.1, 0.15) is 17.3 Å². The lowest BCUT2D eigenvalue weighted by Gasteiger charge is -2.30. The molecular weight excluding hydrogens is 474 g/mol. The quantitative estimate of drug-likeness (QED) is 0.478. The SMILES string of the molecule is CCN(C(=O)C1CC1)C(C)c1nc2ccccc2c(=O)n1-c1cc(OC)cc(OC)c1Br. The number of carbonyl (C=O) groups is 1. The lowest BCUT2D eigenvalue weighted by atomic mass is 10.1. The van der Waals surface area contributed by atoms with Crippen LogP contribution in [-0.4, -0.2) is 41.1 Å². The summed E-state index contributed by atoms with van der Waals surface area (Å²) in [6.45, 7) is 4.40. The fourth-order valence-corrected chi connectivity index (χ4v) is 4.54. The molecule has 7 nitrogen and oxygen atoms in total. The van der Waals surface area contributed by atoms with Crippen molar-refractivity contribution in [3.8, 4) is 17.2 Å². The van der Waals surface area contributed by atoms with Crippen molar-refractivity contribution in [1.29, 1.82) is 0 Å². The standard InChI is InChI=1S/C24H26BrN3O4/c1-5-27(23(29)15-10-11-15)14(2)22-26-18-9-7-6-8-17(18)24(30)28(22)19-12-16(31-3)13-20(32-4)21(19)25/h6-9,12-15H,5,10-11H2,1-4H3. The fourth-order valence-electron chi connectivity index (χ4n) is 3.98. The van der Waals surface area contributed by atoms with Crippen molar-refractivity contribution in [2.24, 2.45) is 5.92 Å². The van der Waals surface area contributed by atoms with E-state index in [1.54, 1.807) is 41.9 Å². The lowest BCUT2D eigenvalue weighted by molar-refractivity contribution is -0.134. The molecule has 3 aromatic rings. The summed E-state index contributed by atoms with van der Waals surface area (Å²) in [4.78, 5) is 33.4. The van der Waals surface area contributed by atoms with E-state index in [0.29, 0.717) is 44.9 Å². The molecule has 1 aliphatic carbocycles. The van der Waals surface area contributed by atoms with Crippen molar-refractivity contribution in [3.63, 3.8) is 0 Å². The molecule has 0 radical (unpaired) electrons.